The summed E-state index contributed by atoms with van der Waals surface area (Å²) in [6.07, 6.45) is -1.74. The van der Waals surface area contributed by atoms with Gasteiger partial charge in [0, 0.05) is 6.42 Å². The molecule has 2 fully saturated rings. The number of aliphatic hydroxyl groups is 2. The number of fused-ring (bicyclic) bond motifs is 1. The molecule has 0 amide bonds. The minimum atomic E-state index is -0.982. The van der Waals surface area contributed by atoms with Gasteiger partial charge in [0.2, 0.25) is 0 Å². The van der Waals surface area contributed by atoms with Crippen molar-refractivity contribution in [2.75, 3.05) is 6.61 Å². The second kappa shape index (κ2) is 4.35. The number of hydrogen-bond acceptors (Lipinski definition) is 5. The average Bonchev–Trinajstić information content (AvgIpc) is 2.66. The van der Waals surface area contributed by atoms with E-state index in [4.69, 9.17) is 19.3 Å². The Labute approximate surface area is 88.9 Å². The molecule has 5 heteroatoms. The smallest absolute Gasteiger partial charge is 0.184 e. The Bertz CT molecular complexity index is 220. The molecule has 2 unspecified atom stereocenters. The van der Waals surface area contributed by atoms with E-state index < -0.39 is 18.5 Å². The summed E-state index contributed by atoms with van der Waals surface area (Å²) in [5.41, 5.74) is 0. The Balaban J connectivity index is 1.95. The van der Waals surface area contributed by atoms with Crippen molar-refractivity contribution in [3.8, 4) is 0 Å². The van der Waals surface area contributed by atoms with Crippen LogP contribution in [-0.2, 0) is 14.2 Å². The zero-order chi connectivity index (χ0) is 11.0. The normalized spacial score (nSPS) is 45.0. The minimum Gasteiger partial charge on any atom is -0.394 e. The molecule has 2 saturated heterocycles. The monoisotopic (exact) mass is 218 g/mol. The predicted octanol–water partition coefficient (Wildman–Crippen LogP) is -0.148. The van der Waals surface area contributed by atoms with E-state index in [1.54, 1.807) is 0 Å². The summed E-state index contributed by atoms with van der Waals surface area (Å²) in [7, 11) is 0. The van der Waals surface area contributed by atoms with E-state index in [2.05, 4.69) is 13.8 Å². The van der Waals surface area contributed by atoms with Gasteiger partial charge in [-0.25, -0.2) is 0 Å². The summed E-state index contributed by atoms with van der Waals surface area (Å²) in [5.74, 6) is 0.472. The van der Waals surface area contributed by atoms with E-state index in [0.29, 0.717) is 5.92 Å². The van der Waals surface area contributed by atoms with Crippen LogP contribution in [0.5, 0.6) is 0 Å². The highest BCUT2D eigenvalue weighted by Crippen LogP contribution is 2.34. The van der Waals surface area contributed by atoms with Gasteiger partial charge in [0.25, 0.3) is 0 Å². The van der Waals surface area contributed by atoms with Crippen LogP contribution < -0.4 is 0 Å². The molecular weight excluding hydrogens is 200 g/mol. The molecule has 5 atom stereocenters. The summed E-state index contributed by atoms with van der Waals surface area (Å²) in [4.78, 5) is 0. The average molecular weight is 218 g/mol. The van der Waals surface area contributed by atoms with E-state index in [1.807, 2.05) is 0 Å². The molecule has 5 nitrogen and oxygen atoms in total. The molecular formula is C10H18O5. The highest BCUT2D eigenvalue weighted by Gasteiger charge is 2.51. The SMILES string of the molecule is CC(C)CC1O[C@@H]2[C@@H](CO)OC(O)[C@@H]2O1. The molecule has 2 aliphatic rings. The minimum absolute atomic E-state index is 0.157. The maximum absolute atomic E-state index is 9.51. The van der Waals surface area contributed by atoms with Crippen LogP contribution in [0.1, 0.15) is 20.3 Å². The van der Waals surface area contributed by atoms with Crippen molar-refractivity contribution in [1.82, 2.24) is 0 Å². The highest BCUT2D eigenvalue weighted by molar-refractivity contribution is 4.92. The van der Waals surface area contributed by atoms with Crippen molar-refractivity contribution in [2.45, 2.75) is 51.2 Å². The molecule has 2 heterocycles. The Hall–Kier alpha value is -0.200. The number of rotatable bonds is 3. The number of hydrogen-bond donors (Lipinski definition) is 2. The molecule has 2 rings (SSSR count). The van der Waals surface area contributed by atoms with Crippen molar-refractivity contribution in [2.24, 2.45) is 5.92 Å². The van der Waals surface area contributed by atoms with Gasteiger partial charge in [0.05, 0.1) is 6.61 Å². The Morgan fingerprint density at radius 1 is 1.13 bits per heavy atom. The summed E-state index contributed by atoms with van der Waals surface area (Å²) >= 11 is 0. The fraction of sp³-hybridized carbons (Fsp3) is 1.00. The van der Waals surface area contributed by atoms with Crippen molar-refractivity contribution in [3.63, 3.8) is 0 Å². The van der Waals surface area contributed by atoms with Gasteiger partial charge in [-0.2, -0.15) is 0 Å². The van der Waals surface area contributed by atoms with Crippen molar-refractivity contribution in [3.05, 3.63) is 0 Å². The van der Waals surface area contributed by atoms with Crippen LogP contribution in [0.4, 0.5) is 0 Å². The van der Waals surface area contributed by atoms with Crippen molar-refractivity contribution >= 4 is 0 Å². The number of aliphatic hydroxyl groups excluding tert-OH is 2. The first kappa shape index (κ1) is 11.3. The molecule has 2 N–H and O–H groups in total. The molecule has 0 radical (unpaired) electrons. The van der Waals surface area contributed by atoms with Gasteiger partial charge in [0.1, 0.15) is 18.3 Å². The second-order valence-corrected chi connectivity index (χ2v) is 4.51. The molecule has 0 aromatic rings. The summed E-state index contributed by atoms with van der Waals surface area (Å²) in [6.45, 7) is 4.00. The third-order valence-electron chi connectivity index (χ3n) is 2.75. The van der Waals surface area contributed by atoms with Crippen molar-refractivity contribution in [1.29, 1.82) is 0 Å². The first-order valence-electron chi connectivity index (χ1n) is 5.37. The van der Waals surface area contributed by atoms with Gasteiger partial charge in [-0.3, -0.25) is 0 Å². The first-order valence-corrected chi connectivity index (χ1v) is 5.37. The van der Waals surface area contributed by atoms with E-state index in [0.717, 1.165) is 6.42 Å². The molecule has 0 spiro atoms. The zero-order valence-electron chi connectivity index (χ0n) is 9.00. The largest absolute Gasteiger partial charge is 0.394 e. The first-order chi connectivity index (χ1) is 7.11. The molecule has 0 bridgehead atoms. The van der Waals surface area contributed by atoms with Crippen LogP contribution in [0.15, 0.2) is 0 Å². The Morgan fingerprint density at radius 2 is 1.80 bits per heavy atom. The third-order valence-corrected chi connectivity index (χ3v) is 2.75. The highest BCUT2D eigenvalue weighted by atomic mass is 16.8. The summed E-state index contributed by atoms with van der Waals surface area (Å²) in [6, 6.07) is 0. The van der Waals surface area contributed by atoms with Crippen LogP contribution in [-0.4, -0.2) is 47.7 Å². The van der Waals surface area contributed by atoms with Crippen LogP contribution in [0.25, 0.3) is 0 Å². The Morgan fingerprint density at radius 3 is 2.40 bits per heavy atom. The fourth-order valence-corrected chi connectivity index (χ4v) is 2.04. The lowest BCUT2D eigenvalue weighted by Crippen LogP contribution is -2.31. The van der Waals surface area contributed by atoms with Gasteiger partial charge in [0.15, 0.2) is 12.6 Å². The van der Waals surface area contributed by atoms with E-state index in [1.165, 1.54) is 0 Å². The molecule has 0 aromatic carbocycles. The van der Waals surface area contributed by atoms with Crippen LogP contribution in [0.2, 0.25) is 0 Å². The van der Waals surface area contributed by atoms with Gasteiger partial charge in [-0.1, -0.05) is 13.8 Å². The van der Waals surface area contributed by atoms with E-state index in [9.17, 15) is 5.11 Å². The maximum atomic E-state index is 9.51. The zero-order valence-corrected chi connectivity index (χ0v) is 9.00. The van der Waals surface area contributed by atoms with E-state index >= 15 is 0 Å². The standard InChI is InChI=1S/C10H18O5/c1-5(2)3-7-14-8-6(4-11)13-10(12)9(8)15-7/h5-12H,3-4H2,1-2H3/t6-,7?,8-,9-,10?/m1/s1. The summed E-state index contributed by atoms with van der Waals surface area (Å²) < 4.78 is 16.2. The molecule has 88 valence electrons. The maximum Gasteiger partial charge on any atom is 0.184 e. The van der Waals surface area contributed by atoms with Gasteiger partial charge in [-0.15, -0.1) is 0 Å². The Kier molecular flexibility index (Phi) is 3.27. The van der Waals surface area contributed by atoms with Crippen molar-refractivity contribution < 1.29 is 24.4 Å². The van der Waals surface area contributed by atoms with Crippen LogP contribution >= 0.6 is 0 Å². The predicted molar refractivity (Wildman–Crippen MR) is 51.0 cm³/mol. The molecule has 2 aliphatic heterocycles. The van der Waals surface area contributed by atoms with E-state index in [-0.39, 0.29) is 19.0 Å². The van der Waals surface area contributed by atoms with Crippen LogP contribution in [0, 0.1) is 5.92 Å². The molecule has 15 heavy (non-hydrogen) atoms. The van der Waals surface area contributed by atoms with Crippen LogP contribution in [0.3, 0.4) is 0 Å². The quantitative estimate of drug-likeness (QED) is 0.689. The molecule has 0 saturated carbocycles. The fourth-order valence-electron chi connectivity index (χ4n) is 2.04. The van der Waals surface area contributed by atoms with Gasteiger partial charge >= 0.3 is 0 Å². The van der Waals surface area contributed by atoms with Gasteiger partial charge < -0.3 is 24.4 Å². The third kappa shape index (κ3) is 2.16. The summed E-state index contributed by atoms with van der Waals surface area (Å²) in [5, 5.41) is 18.5. The molecule has 0 aliphatic carbocycles. The van der Waals surface area contributed by atoms with Gasteiger partial charge in [-0.05, 0) is 5.92 Å². The molecule has 0 aromatic heterocycles. The number of ether oxygens (including phenoxy) is 3. The topological polar surface area (TPSA) is 68.2 Å². The second-order valence-electron chi connectivity index (χ2n) is 4.51. The lowest BCUT2D eigenvalue weighted by atomic mass is 10.1. The lowest BCUT2D eigenvalue weighted by Gasteiger charge is -2.17. The lowest BCUT2D eigenvalue weighted by molar-refractivity contribution is -0.191.